The minimum atomic E-state index is -0.667. The molecule has 1 aliphatic carbocycles. The van der Waals surface area contributed by atoms with Gasteiger partial charge < -0.3 is 14.9 Å². The first-order valence-corrected chi connectivity index (χ1v) is 6.78. The number of carbonyl (C=O) groups is 1. The Morgan fingerprint density at radius 1 is 1.41 bits per heavy atom. The zero-order valence-corrected chi connectivity index (χ0v) is 10.6. The average Bonchev–Trinajstić information content (AvgIpc) is 2.73. The number of hydrogen-bond donors (Lipinski definition) is 1. The van der Waals surface area contributed by atoms with Gasteiger partial charge in [-0.2, -0.15) is 0 Å². The summed E-state index contributed by atoms with van der Waals surface area (Å²) in [6.45, 7) is 3.03. The maximum atomic E-state index is 12.3. The molecule has 2 saturated heterocycles. The maximum Gasteiger partial charge on any atom is 0.225 e. The lowest BCUT2D eigenvalue weighted by molar-refractivity contribution is -0.141. The molecule has 17 heavy (non-hydrogen) atoms. The average molecular weight is 238 g/mol. The van der Waals surface area contributed by atoms with Crippen LogP contribution in [0.5, 0.6) is 0 Å². The highest BCUT2D eigenvalue weighted by Crippen LogP contribution is 2.37. The van der Waals surface area contributed by atoms with Crippen LogP contribution in [0.2, 0.25) is 0 Å². The molecular formula is C13H22N2O2. The Kier molecular flexibility index (Phi) is 2.67. The van der Waals surface area contributed by atoms with Gasteiger partial charge in [-0.05, 0) is 38.6 Å². The number of hydrogen-bond acceptors (Lipinski definition) is 3. The molecule has 0 radical (unpaired) electrons. The number of amides is 1. The lowest BCUT2D eigenvalue weighted by atomic mass is 9.77. The third-order valence-electron chi connectivity index (χ3n) is 4.82. The summed E-state index contributed by atoms with van der Waals surface area (Å²) in [5.74, 6) is 0.843. The van der Waals surface area contributed by atoms with Crippen LogP contribution in [0.1, 0.15) is 32.1 Å². The molecule has 3 fully saturated rings. The van der Waals surface area contributed by atoms with E-state index in [1.165, 1.54) is 0 Å². The van der Waals surface area contributed by atoms with Crippen molar-refractivity contribution < 1.29 is 9.90 Å². The molecule has 0 unspecified atom stereocenters. The Labute approximate surface area is 103 Å². The highest BCUT2D eigenvalue weighted by Gasteiger charge is 2.44. The van der Waals surface area contributed by atoms with E-state index in [1.54, 1.807) is 0 Å². The highest BCUT2D eigenvalue weighted by atomic mass is 16.3. The van der Waals surface area contributed by atoms with Gasteiger partial charge in [-0.25, -0.2) is 0 Å². The predicted molar refractivity (Wildman–Crippen MR) is 64.5 cm³/mol. The Balaban J connectivity index is 1.62. The van der Waals surface area contributed by atoms with Crippen LogP contribution in [0.3, 0.4) is 0 Å². The van der Waals surface area contributed by atoms with E-state index in [0.29, 0.717) is 18.4 Å². The Morgan fingerprint density at radius 3 is 2.82 bits per heavy atom. The molecule has 0 bridgehead atoms. The largest absolute Gasteiger partial charge is 0.389 e. The van der Waals surface area contributed by atoms with Crippen LogP contribution in [0.15, 0.2) is 0 Å². The van der Waals surface area contributed by atoms with Crippen molar-refractivity contribution in [2.24, 2.45) is 5.92 Å². The second-order valence-electron chi connectivity index (χ2n) is 6.18. The normalized spacial score (nSPS) is 35.8. The fraction of sp³-hybridized carbons (Fsp3) is 0.923. The van der Waals surface area contributed by atoms with E-state index in [2.05, 4.69) is 11.9 Å². The van der Waals surface area contributed by atoms with E-state index in [0.717, 1.165) is 45.3 Å². The third-order valence-corrected chi connectivity index (χ3v) is 4.82. The summed E-state index contributed by atoms with van der Waals surface area (Å²) in [6, 6.07) is 0.413. The molecule has 0 aromatic rings. The Hall–Kier alpha value is -0.610. The molecule has 3 aliphatic rings. The quantitative estimate of drug-likeness (QED) is 0.760. The minimum Gasteiger partial charge on any atom is -0.389 e. The van der Waals surface area contributed by atoms with Gasteiger partial charge in [0.15, 0.2) is 0 Å². The van der Waals surface area contributed by atoms with Crippen LogP contribution in [0.4, 0.5) is 0 Å². The summed E-state index contributed by atoms with van der Waals surface area (Å²) in [7, 11) is 2.13. The first-order chi connectivity index (χ1) is 8.07. The van der Waals surface area contributed by atoms with Crippen LogP contribution in [0, 0.1) is 5.92 Å². The van der Waals surface area contributed by atoms with Crippen molar-refractivity contribution in [1.82, 2.24) is 9.80 Å². The first-order valence-electron chi connectivity index (χ1n) is 6.78. The lowest BCUT2D eigenvalue weighted by Crippen LogP contribution is -2.46. The summed E-state index contributed by atoms with van der Waals surface area (Å²) in [4.78, 5) is 16.6. The van der Waals surface area contributed by atoms with E-state index in [1.807, 2.05) is 4.90 Å². The van der Waals surface area contributed by atoms with Gasteiger partial charge in [0, 0.05) is 25.7 Å². The maximum absolute atomic E-state index is 12.3. The summed E-state index contributed by atoms with van der Waals surface area (Å²) < 4.78 is 0. The zero-order chi connectivity index (χ0) is 12.0. The van der Waals surface area contributed by atoms with E-state index in [-0.39, 0.29) is 5.91 Å². The van der Waals surface area contributed by atoms with Crippen LogP contribution >= 0.6 is 0 Å². The third kappa shape index (κ3) is 1.97. The number of carbonyl (C=O) groups excluding carboxylic acids is 1. The number of likely N-dealkylation sites (tertiary alicyclic amines) is 2. The summed E-state index contributed by atoms with van der Waals surface area (Å²) >= 11 is 0. The molecule has 96 valence electrons. The number of nitrogens with zero attached hydrogens (tertiary/aromatic N) is 2. The molecule has 1 N–H and O–H groups in total. The number of fused-ring (bicyclic) bond motifs is 1. The van der Waals surface area contributed by atoms with Gasteiger partial charge in [0.1, 0.15) is 0 Å². The van der Waals surface area contributed by atoms with E-state index >= 15 is 0 Å². The SMILES string of the molecule is CN1C[C@@H]2CCN(C(=O)CC3(O)CCC3)[C@@H]2C1. The molecule has 2 atom stereocenters. The van der Waals surface area contributed by atoms with E-state index < -0.39 is 5.60 Å². The highest BCUT2D eigenvalue weighted by molar-refractivity contribution is 5.78. The van der Waals surface area contributed by atoms with Crippen molar-refractivity contribution >= 4 is 5.91 Å². The number of rotatable bonds is 2. The summed E-state index contributed by atoms with van der Waals surface area (Å²) in [6.07, 6.45) is 4.17. The molecule has 2 aliphatic heterocycles. The van der Waals surface area contributed by atoms with Gasteiger partial charge in [0.2, 0.25) is 5.91 Å². The molecule has 1 saturated carbocycles. The van der Waals surface area contributed by atoms with Crippen LogP contribution < -0.4 is 0 Å². The second kappa shape index (κ2) is 3.95. The van der Waals surface area contributed by atoms with Crippen molar-refractivity contribution in [3.05, 3.63) is 0 Å². The molecule has 0 aromatic heterocycles. The first kappa shape index (κ1) is 11.5. The van der Waals surface area contributed by atoms with Crippen molar-refractivity contribution in [2.75, 3.05) is 26.7 Å². The lowest BCUT2D eigenvalue weighted by Gasteiger charge is -2.37. The van der Waals surface area contributed by atoms with Crippen molar-refractivity contribution in [2.45, 2.75) is 43.7 Å². The molecule has 3 rings (SSSR count). The molecule has 0 aromatic carbocycles. The van der Waals surface area contributed by atoms with Crippen molar-refractivity contribution in [1.29, 1.82) is 0 Å². The fourth-order valence-corrected chi connectivity index (χ4v) is 3.63. The van der Waals surface area contributed by atoms with E-state index in [9.17, 15) is 9.90 Å². The summed E-state index contributed by atoms with van der Waals surface area (Å²) in [5, 5.41) is 10.1. The van der Waals surface area contributed by atoms with Gasteiger partial charge in [-0.1, -0.05) is 0 Å². The second-order valence-corrected chi connectivity index (χ2v) is 6.18. The molecular weight excluding hydrogens is 216 g/mol. The van der Waals surface area contributed by atoms with Gasteiger partial charge in [0.05, 0.1) is 12.0 Å². The van der Waals surface area contributed by atoms with Gasteiger partial charge in [-0.15, -0.1) is 0 Å². The Morgan fingerprint density at radius 2 is 2.18 bits per heavy atom. The minimum absolute atomic E-state index is 0.176. The summed E-state index contributed by atoms with van der Waals surface area (Å²) in [5.41, 5.74) is -0.667. The van der Waals surface area contributed by atoms with Crippen LogP contribution in [-0.2, 0) is 4.79 Å². The van der Waals surface area contributed by atoms with Gasteiger partial charge in [0.25, 0.3) is 0 Å². The smallest absolute Gasteiger partial charge is 0.225 e. The van der Waals surface area contributed by atoms with Crippen molar-refractivity contribution in [3.63, 3.8) is 0 Å². The number of aliphatic hydroxyl groups is 1. The topological polar surface area (TPSA) is 43.8 Å². The van der Waals surface area contributed by atoms with Gasteiger partial charge in [-0.3, -0.25) is 4.79 Å². The standard InChI is InChI=1S/C13H22N2O2/c1-14-8-10-3-6-15(11(10)9-14)12(16)7-13(17)4-2-5-13/h10-11,17H,2-9H2,1H3/t10-,11+/m0/s1. The van der Waals surface area contributed by atoms with E-state index in [4.69, 9.17) is 0 Å². The molecule has 1 amide bonds. The molecule has 2 heterocycles. The monoisotopic (exact) mass is 238 g/mol. The van der Waals surface area contributed by atoms with Crippen molar-refractivity contribution in [3.8, 4) is 0 Å². The fourth-order valence-electron chi connectivity index (χ4n) is 3.63. The zero-order valence-electron chi connectivity index (χ0n) is 10.6. The molecule has 0 spiro atoms. The molecule has 4 nitrogen and oxygen atoms in total. The Bertz CT molecular complexity index is 327. The predicted octanol–water partition coefficient (Wildman–Crippen LogP) is 0.454. The van der Waals surface area contributed by atoms with Gasteiger partial charge >= 0.3 is 0 Å². The van der Waals surface area contributed by atoms with Crippen LogP contribution in [0.25, 0.3) is 0 Å². The van der Waals surface area contributed by atoms with Crippen LogP contribution in [-0.4, -0.2) is 59.1 Å². The number of likely N-dealkylation sites (N-methyl/N-ethyl adjacent to an activating group) is 1. The molecule has 4 heteroatoms.